The van der Waals surface area contributed by atoms with Crippen molar-refractivity contribution in [2.45, 2.75) is 57.5 Å². The van der Waals surface area contributed by atoms with E-state index in [1.165, 1.54) is 0 Å². The molecule has 0 amide bonds. The van der Waals surface area contributed by atoms with Gasteiger partial charge in [-0.25, -0.2) is 0 Å². The molecule has 0 aromatic heterocycles. The van der Waals surface area contributed by atoms with Crippen LogP contribution in [0.25, 0.3) is 0 Å². The maximum Gasteiger partial charge on any atom is 0.311 e. The molecule has 5 heteroatoms. The van der Waals surface area contributed by atoms with E-state index in [9.17, 15) is 4.79 Å². The topological polar surface area (TPSA) is 57.3 Å². The first-order valence-corrected chi connectivity index (χ1v) is 6.50. The Hall–Kier alpha value is -0.650. The van der Waals surface area contributed by atoms with Gasteiger partial charge in [-0.05, 0) is 27.2 Å². The summed E-state index contributed by atoms with van der Waals surface area (Å²) in [5, 5.41) is 0. The van der Waals surface area contributed by atoms with Crippen LogP contribution >= 0.6 is 0 Å². The molecule has 0 aliphatic carbocycles. The van der Waals surface area contributed by atoms with Gasteiger partial charge >= 0.3 is 5.97 Å². The number of epoxide rings is 1. The summed E-state index contributed by atoms with van der Waals surface area (Å²) in [5.74, 6) is -1.07. The van der Waals surface area contributed by atoms with Gasteiger partial charge in [0.25, 0.3) is 0 Å². The molecule has 0 saturated carbocycles. The lowest BCUT2D eigenvalue weighted by molar-refractivity contribution is -0.192. The van der Waals surface area contributed by atoms with Gasteiger partial charge in [-0.15, -0.1) is 0 Å². The maximum atomic E-state index is 11.9. The Labute approximate surface area is 108 Å². The van der Waals surface area contributed by atoms with E-state index in [0.29, 0.717) is 25.7 Å². The lowest BCUT2D eigenvalue weighted by Gasteiger charge is -2.28. The minimum Gasteiger partial charge on any atom is -0.460 e. The number of hydrogen-bond donors (Lipinski definition) is 0. The van der Waals surface area contributed by atoms with Gasteiger partial charge in [-0.3, -0.25) is 4.79 Å². The molecule has 0 radical (unpaired) electrons. The fraction of sp³-hybridized carbons (Fsp3) is 0.923. The minimum atomic E-state index is -0.797. The van der Waals surface area contributed by atoms with Gasteiger partial charge in [0.15, 0.2) is 5.79 Å². The van der Waals surface area contributed by atoms with Crippen molar-refractivity contribution in [3.05, 3.63) is 0 Å². The molecule has 2 rings (SSSR count). The van der Waals surface area contributed by atoms with Crippen molar-refractivity contribution in [2.75, 3.05) is 19.8 Å². The molecule has 2 saturated heterocycles. The second-order valence-corrected chi connectivity index (χ2v) is 5.86. The Balaban J connectivity index is 1.86. The van der Waals surface area contributed by atoms with Crippen LogP contribution in [0.15, 0.2) is 0 Å². The summed E-state index contributed by atoms with van der Waals surface area (Å²) in [6.45, 7) is 7.44. The third kappa shape index (κ3) is 4.23. The van der Waals surface area contributed by atoms with Crippen LogP contribution < -0.4 is 0 Å². The quantitative estimate of drug-likeness (QED) is 0.554. The van der Waals surface area contributed by atoms with E-state index < -0.39 is 11.4 Å². The number of carbonyl (C=O) groups is 1. The van der Waals surface area contributed by atoms with Gasteiger partial charge in [0.1, 0.15) is 5.60 Å². The lowest BCUT2D eigenvalue weighted by atomic mass is 10.0. The first-order chi connectivity index (χ1) is 8.39. The highest BCUT2D eigenvalue weighted by Gasteiger charge is 2.41. The molecular weight excluding hydrogens is 236 g/mol. The van der Waals surface area contributed by atoms with Crippen molar-refractivity contribution in [3.63, 3.8) is 0 Å². The molecule has 2 heterocycles. The molecule has 0 aromatic carbocycles. The molecule has 104 valence electrons. The van der Waals surface area contributed by atoms with Crippen LogP contribution in [-0.2, 0) is 23.7 Å². The van der Waals surface area contributed by atoms with Gasteiger partial charge < -0.3 is 18.9 Å². The predicted octanol–water partition coefficient (Wildman–Crippen LogP) is 1.64. The summed E-state index contributed by atoms with van der Waals surface area (Å²) >= 11 is 0. The van der Waals surface area contributed by atoms with Gasteiger partial charge in [0, 0.05) is 6.42 Å². The standard InChI is InChI=1S/C13H22O5/c1-12(2,3)18-11(14)8-13(16-6-7-17-13)5-4-10-9-15-10/h10H,4-9H2,1-3H3. The molecule has 5 nitrogen and oxygen atoms in total. The molecule has 1 atom stereocenters. The third-order valence-electron chi connectivity index (χ3n) is 2.90. The van der Waals surface area contributed by atoms with E-state index in [1.807, 2.05) is 20.8 Å². The van der Waals surface area contributed by atoms with Gasteiger partial charge in [-0.2, -0.15) is 0 Å². The molecule has 18 heavy (non-hydrogen) atoms. The average molecular weight is 258 g/mol. The Morgan fingerprint density at radius 1 is 1.33 bits per heavy atom. The zero-order valence-corrected chi connectivity index (χ0v) is 11.4. The average Bonchev–Trinajstić information content (AvgIpc) is 2.95. The third-order valence-corrected chi connectivity index (χ3v) is 2.90. The minimum absolute atomic E-state index is 0.150. The molecule has 0 bridgehead atoms. The molecule has 0 N–H and O–H groups in total. The van der Waals surface area contributed by atoms with E-state index in [-0.39, 0.29) is 12.4 Å². The summed E-state index contributed by atoms with van der Waals surface area (Å²) in [7, 11) is 0. The number of ether oxygens (including phenoxy) is 4. The zero-order valence-electron chi connectivity index (χ0n) is 11.4. The fourth-order valence-corrected chi connectivity index (χ4v) is 2.04. The molecular formula is C13H22O5. The Bertz CT molecular complexity index is 297. The molecule has 2 aliphatic rings. The Morgan fingerprint density at radius 3 is 2.44 bits per heavy atom. The zero-order chi connectivity index (χ0) is 13.2. The van der Waals surface area contributed by atoms with Crippen LogP contribution in [-0.4, -0.2) is 43.3 Å². The van der Waals surface area contributed by atoms with Crippen LogP contribution in [0.4, 0.5) is 0 Å². The summed E-state index contributed by atoms with van der Waals surface area (Å²) < 4.78 is 21.7. The van der Waals surface area contributed by atoms with Gasteiger partial charge in [0.05, 0.1) is 32.3 Å². The lowest BCUT2D eigenvalue weighted by Crippen LogP contribution is -2.36. The maximum absolute atomic E-state index is 11.9. The summed E-state index contributed by atoms with van der Waals surface area (Å²) in [5.41, 5.74) is -0.476. The van der Waals surface area contributed by atoms with E-state index in [4.69, 9.17) is 18.9 Å². The first-order valence-electron chi connectivity index (χ1n) is 6.50. The first kappa shape index (κ1) is 13.8. The summed E-state index contributed by atoms with van der Waals surface area (Å²) in [6, 6.07) is 0. The normalized spacial score (nSPS) is 26.1. The summed E-state index contributed by atoms with van der Waals surface area (Å²) in [6.07, 6.45) is 2.00. The van der Waals surface area contributed by atoms with Crippen molar-refractivity contribution >= 4 is 5.97 Å². The molecule has 0 spiro atoms. The number of hydrogen-bond acceptors (Lipinski definition) is 5. The Kier molecular flexibility index (Phi) is 3.94. The smallest absolute Gasteiger partial charge is 0.311 e. The highest BCUT2D eigenvalue weighted by atomic mass is 16.7. The van der Waals surface area contributed by atoms with E-state index in [1.54, 1.807) is 0 Å². The largest absolute Gasteiger partial charge is 0.460 e. The number of carbonyl (C=O) groups excluding carboxylic acids is 1. The van der Waals surface area contributed by atoms with E-state index in [2.05, 4.69) is 0 Å². The Morgan fingerprint density at radius 2 is 1.94 bits per heavy atom. The SMILES string of the molecule is CC(C)(C)OC(=O)CC1(CCC2CO2)OCCO1. The molecule has 2 aliphatic heterocycles. The highest BCUT2D eigenvalue weighted by molar-refractivity contribution is 5.71. The van der Waals surface area contributed by atoms with Crippen molar-refractivity contribution in [1.29, 1.82) is 0 Å². The fourth-order valence-electron chi connectivity index (χ4n) is 2.04. The number of rotatable bonds is 5. The van der Waals surface area contributed by atoms with Crippen LogP contribution in [0.2, 0.25) is 0 Å². The van der Waals surface area contributed by atoms with Gasteiger partial charge in [0.2, 0.25) is 0 Å². The number of esters is 1. The highest BCUT2D eigenvalue weighted by Crippen LogP contribution is 2.32. The van der Waals surface area contributed by atoms with E-state index in [0.717, 1.165) is 13.0 Å². The van der Waals surface area contributed by atoms with Crippen molar-refractivity contribution < 1.29 is 23.7 Å². The van der Waals surface area contributed by atoms with Crippen molar-refractivity contribution in [2.24, 2.45) is 0 Å². The van der Waals surface area contributed by atoms with Crippen molar-refractivity contribution in [3.8, 4) is 0 Å². The van der Waals surface area contributed by atoms with Gasteiger partial charge in [-0.1, -0.05) is 0 Å². The van der Waals surface area contributed by atoms with E-state index >= 15 is 0 Å². The van der Waals surface area contributed by atoms with Crippen LogP contribution in [0.3, 0.4) is 0 Å². The van der Waals surface area contributed by atoms with Crippen LogP contribution in [0, 0.1) is 0 Å². The summed E-state index contributed by atoms with van der Waals surface area (Å²) in [4.78, 5) is 11.9. The molecule has 1 unspecified atom stereocenters. The van der Waals surface area contributed by atoms with Crippen molar-refractivity contribution in [1.82, 2.24) is 0 Å². The predicted molar refractivity (Wildman–Crippen MR) is 64.1 cm³/mol. The van der Waals surface area contributed by atoms with Crippen LogP contribution in [0.5, 0.6) is 0 Å². The van der Waals surface area contributed by atoms with Crippen LogP contribution in [0.1, 0.15) is 40.0 Å². The molecule has 2 fully saturated rings. The monoisotopic (exact) mass is 258 g/mol. The second-order valence-electron chi connectivity index (χ2n) is 5.86. The second kappa shape index (κ2) is 5.15. The molecule has 0 aromatic rings.